The molecule has 0 aromatic rings. The van der Waals surface area contributed by atoms with E-state index >= 15 is 0 Å². The molecule has 0 unspecified atom stereocenters. The van der Waals surface area contributed by atoms with E-state index in [1.807, 2.05) is 25.7 Å². The number of rotatable bonds is 1. The zero-order valence-corrected chi connectivity index (χ0v) is 9.25. The number of carbonyl (C=O) groups is 1. The highest BCUT2D eigenvalue weighted by Crippen LogP contribution is 2.19. The molecule has 1 rings (SSSR count). The molecule has 2 N–H and O–H groups in total. The Morgan fingerprint density at radius 2 is 2.21 bits per heavy atom. The Balaban J connectivity index is 2.56. The summed E-state index contributed by atoms with van der Waals surface area (Å²) < 4.78 is 5.40. The van der Waals surface area contributed by atoms with Crippen LogP contribution < -0.4 is 5.73 Å². The van der Waals surface area contributed by atoms with Crippen LogP contribution in [0.1, 0.15) is 20.8 Å². The Hall–Kier alpha value is -0.610. The molecule has 1 atom stereocenters. The summed E-state index contributed by atoms with van der Waals surface area (Å²) in [5, 5.41) is 0. The third-order valence-electron chi connectivity index (χ3n) is 2.33. The molecule has 0 spiro atoms. The van der Waals surface area contributed by atoms with E-state index in [9.17, 15) is 4.79 Å². The van der Waals surface area contributed by atoms with E-state index in [1.54, 1.807) is 0 Å². The van der Waals surface area contributed by atoms with Gasteiger partial charge >= 0.3 is 0 Å². The fourth-order valence-corrected chi connectivity index (χ4v) is 1.52. The van der Waals surface area contributed by atoms with Crippen molar-refractivity contribution < 1.29 is 9.53 Å². The normalized spacial score (nSPS) is 23.7. The molecule has 4 nitrogen and oxygen atoms in total. The maximum Gasteiger partial charge on any atom is 0.228 e. The SMILES string of the molecule is CC(C)(C)C(=O)N1CCO[C@@H](CN)C1. The number of hydrogen-bond acceptors (Lipinski definition) is 3. The van der Waals surface area contributed by atoms with Crippen LogP contribution in [0.4, 0.5) is 0 Å². The molecule has 1 fully saturated rings. The molecule has 1 saturated heterocycles. The smallest absolute Gasteiger partial charge is 0.228 e. The van der Waals surface area contributed by atoms with Crippen LogP contribution in [0.25, 0.3) is 0 Å². The van der Waals surface area contributed by atoms with E-state index in [0.29, 0.717) is 26.2 Å². The monoisotopic (exact) mass is 200 g/mol. The highest BCUT2D eigenvalue weighted by molar-refractivity contribution is 5.81. The van der Waals surface area contributed by atoms with E-state index in [1.165, 1.54) is 0 Å². The van der Waals surface area contributed by atoms with Crippen molar-refractivity contribution in [3.63, 3.8) is 0 Å². The van der Waals surface area contributed by atoms with Crippen molar-refractivity contribution in [2.45, 2.75) is 26.9 Å². The van der Waals surface area contributed by atoms with Gasteiger partial charge in [-0.2, -0.15) is 0 Å². The number of morpholine rings is 1. The largest absolute Gasteiger partial charge is 0.373 e. The summed E-state index contributed by atoms with van der Waals surface area (Å²) in [5.41, 5.74) is 5.20. The molecule has 0 aromatic heterocycles. The Labute approximate surface area is 85.4 Å². The summed E-state index contributed by atoms with van der Waals surface area (Å²) in [6.45, 7) is 8.20. The average Bonchev–Trinajstić information content (AvgIpc) is 2.15. The van der Waals surface area contributed by atoms with Gasteiger partial charge < -0.3 is 15.4 Å². The van der Waals surface area contributed by atoms with Gasteiger partial charge in [-0.1, -0.05) is 20.8 Å². The number of amides is 1. The van der Waals surface area contributed by atoms with Crippen LogP contribution in [0.5, 0.6) is 0 Å². The van der Waals surface area contributed by atoms with Crippen LogP contribution in [0.2, 0.25) is 0 Å². The Kier molecular flexibility index (Phi) is 3.50. The first-order chi connectivity index (χ1) is 6.45. The minimum Gasteiger partial charge on any atom is -0.373 e. The average molecular weight is 200 g/mol. The second-order valence-electron chi connectivity index (χ2n) is 4.73. The van der Waals surface area contributed by atoms with Crippen LogP contribution in [0.3, 0.4) is 0 Å². The zero-order valence-electron chi connectivity index (χ0n) is 9.25. The van der Waals surface area contributed by atoms with E-state index in [-0.39, 0.29) is 17.4 Å². The topological polar surface area (TPSA) is 55.6 Å². The number of nitrogens with zero attached hydrogens (tertiary/aromatic N) is 1. The van der Waals surface area contributed by atoms with Gasteiger partial charge in [-0.15, -0.1) is 0 Å². The molecular formula is C10H20N2O2. The minimum atomic E-state index is -0.309. The third-order valence-corrected chi connectivity index (χ3v) is 2.33. The lowest BCUT2D eigenvalue weighted by Crippen LogP contribution is -2.51. The van der Waals surface area contributed by atoms with Gasteiger partial charge in [-0.25, -0.2) is 0 Å². The molecule has 0 radical (unpaired) electrons. The summed E-state index contributed by atoms with van der Waals surface area (Å²) >= 11 is 0. The van der Waals surface area contributed by atoms with Crippen molar-refractivity contribution in [3.05, 3.63) is 0 Å². The minimum absolute atomic E-state index is 0.00931. The van der Waals surface area contributed by atoms with Gasteiger partial charge in [-0.3, -0.25) is 4.79 Å². The fourth-order valence-electron chi connectivity index (χ4n) is 1.52. The predicted molar refractivity (Wildman–Crippen MR) is 54.8 cm³/mol. The Morgan fingerprint density at radius 3 is 2.71 bits per heavy atom. The van der Waals surface area contributed by atoms with Gasteiger partial charge in [0.05, 0.1) is 12.7 Å². The molecule has 4 heteroatoms. The van der Waals surface area contributed by atoms with Crippen molar-refractivity contribution in [3.8, 4) is 0 Å². The van der Waals surface area contributed by atoms with Crippen LogP contribution in [-0.2, 0) is 9.53 Å². The number of hydrogen-bond donors (Lipinski definition) is 1. The predicted octanol–water partition coefficient (Wildman–Crippen LogP) is 0.219. The molecule has 0 bridgehead atoms. The van der Waals surface area contributed by atoms with Crippen LogP contribution in [-0.4, -0.2) is 43.2 Å². The first kappa shape index (κ1) is 11.5. The summed E-state index contributed by atoms with van der Waals surface area (Å²) in [5.74, 6) is 0.180. The van der Waals surface area contributed by atoms with E-state index < -0.39 is 0 Å². The summed E-state index contributed by atoms with van der Waals surface area (Å²) in [7, 11) is 0. The number of carbonyl (C=O) groups excluding carboxylic acids is 1. The van der Waals surface area contributed by atoms with Gasteiger partial charge in [0.25, 0.3) is 0 Å². The van der Waals surface area contributed by atoms with E-state index in [4.69, 9.17) is 10.5 Å². The molecule has 14 heavy (non-hydrogen) atoms. The molecule has 1 aliphatic rings. The molecule has 0 saturated carbocycles. The van der Waals surface area contributed by atoms with Crippen molar-refractivity contribution in [2.24, 2.45) is 11.1 Å². The summed E-state index contributed by atoms with van der Waals surface area (Å²) in [4.78, 5) is 13.8. The lowest BCUT2D eigenvalue weighted by atomic mass is 9.94. The van der Waals surface area contributed by atoms with Gasteiger partial charge in [0.1, 0.15) is 0 Å². The second kappa shape index (κ2) is 4.28. The Morgan fingerprint density at radius 1 is 1.57 bits per heavy atom. The summed E-state index contributed by atoms with van der Waals surface area (Å²) in [6.07, 6.45) is 0.00931. The highest BCUT2D eigenvalue weighted by atomic mass is 16.5. The lowest BCUT2D eigenvalue weighted by molar-refractivity contribution is -0.146. The fraction of sp³-hybridized carbons (Fsp3) is 0.900. The molecular weight excluding hydrogens is 180 g/mol. The van der Waals surface area contributed by atoms with Gasteiger partial charge in [-0.05, 0) is 0 Å². The van der Waals surface area contributed by atoms with Crippen LogP contribution in [0.15, 0.2) is 0 Å². The Bertz CT molecular complexity index is 211. The maximum atomic E-state index is 11.9. The molecule has 1 aliphatic heterocycles. The zero-order chi connectivity index (χ0) is 10.8. The van der Waals surface area contributed by atoms with E-state index in [2.05, 4.69) is 0 Å². The summed E-state index contributed by atoms with van der Waals surface area (Å²) in [6, 6.07) is 0. The highest BCUT2D eigenvalue weighted by Gasteiger charge is 2.30. The number of nitrogens with two attached hydrogens (primary N) is 1. The lowest BCUT2D eigenvalue weighted by Gasteiger charge is -2.36. The quantitative estimate of drug-likeness (QED) is 0.658. The van der Waals surface area contributed by atoms with Crippen molar-refractivity contribution in [1.82, 2.24) is 4.90 Å². The molecule has 0 aliphatic carbocycles. The van der Waals surface area contributed by atoms with E-state index in [0.717, 1.165) is 0 Å². The van der Waals surface area contributed by atoms with Gasteiger partial charge in [0.2, 0.25) is 5.91 Å². The second-order valence-corrected chi connectivity index (χ2v) is 4.73. The van der Waals surface area contributed by atoms with Gasteiger partial charge in [0, 0.05) is 25.0 Å². The molecule has 0 aromatic carbocycles. The van der Waals surface area contributed by atoms with Gasteiger partial charge in [0.15, 0.2) is 0 Å². The van der Waals surface area contributed by atoms with Crippen molar-refractivity contribution in [2.75, 3.05) is 26.2 Å². The molecule has 1 amide bonds. The first-order valence-electron chi connectivity index (χ1n) is 5.06. The van der Waals surface area contributed by atoms with Crippen molar-refractivity contribution in [1.29, 1.82) is 0 Å². The molecule has 1 heterocycles. The molecule has 82 valence electrons. The van der Waals surface area contributed by atoms with Crippen LogP contribution in [0, 0.1) is 5.41 Å². The standard InChI is InChI=1S/C10H20N2O2/c1-10(2,3)9(13)12-4-5-14-8(6-11)7-12/h8H,4-7,11H2,1-3H3/t8-/m0/s1. The first-order valence-corrected chi connectivity index (χ1v) is 5.06. The number of ether oxygens (including phenoxy) is 1. The third kappa shape index (κ3) is 2.69. The maximum absolute atomic E-state index is 11.9. The van der Waals surface area contributed by atoms with Crippen molar-refractivity contribution >= 4 is 5.91 Å². The van der Waals surface area contributed by atoms with Crippen LogP contribution >= 0.6 is 0 Å².